The van der Waals surface area contributed by atoms with Gasteiger partial charge in [-0.2, -0.15) is 5.10 Å². The number of nitrogens with one attached hydrogen (secondary N) is 1. The monoisotopic (exact) mass is 205 g/mol. The van der Waals surface area contributed by atoms with Gasteiger partial charge < -0.3 is 5.11 Å². The molecular formula is C9H7N3O3. The Hall–Kier alpha value is -2.37. The normalized spacial score (nSPS) is 11.2. The summed E-state index contributed by atoms with van der Waals surface area (Å²) < 4.78 is 0. The summed E-state index contributed by atoms with van der Waals surface area (Å²) >= 11 is 0. The molecule has 0 unspecified atom stereocenters. The van der Waals surface area contributed by atoms with Crippen LogP contribution < -0.4 is 0 Å². The number of aromatic nitrogens is 2. The molecule has 0 bridgehead atoms. The summed E-state index contributed by atoms with van der Waals surface area (Å²) in [6, 6.07) is 4.39. The zero-order valence-electron chi connectivity index (χ0n) is 7.54. The van der Waals surface area contributed by atoms with Crippen LogP contribution in [0.2, 0.25) is 0 Å². The summed E-state index contributed by atoms with van der Waals surface area (Å²) in [6.45, 7) is 0. The van der Waals surface area contributed by atoms with Gasteiger partial charge in [-0.15, -0.1) is 0 Å². The number of fused-ring (bicyclic) bond motifs is 1. The number of hydrogen-bond donors (Lipinski definition) is 2. The van der Waals surface area contributed by atoms with E-state index in [2.05, 4.69) is 10.2 Å². The topological polar surface area (TPSA) is 92.0 Å². The third-order valence-electron chi connectivity index (χ3n) is 2.02. The van der Waals surface area contributed by atoms with Gasteiger partial charge in [0.1, 0.15) is 0 Å². The molecule has 0 atom stereocenters. The van der Waals surface area contributed by atoms with Gasteiger partial charge in [0.05, 0.1) is 22.4 Å². The zero-order valence-corrected chi connectivity index (χ0v) is 7.54. The number of non-ortho nitro benzene ring substituents is 1. The van der Waals surface area contributed by atoms with Crippen molar-refractivity contribution in [2.75, 3.05) is 0 Å². The summed E-state index contributed by atoms with van der Waals surface area (Å²) in [4.78, 5) is 10.1. The first-order valence-corrected chi connectivity index (χ1v) is 4.15. The highest BCUT2D eigenvalue weighted by molar-refractivity contribution is 5.88. The maximum absolute atomic E-state index is 10.5. The van der Waals surface area contributed by atoms with E-state index in [-0.39, 0.29) is 5.69 Å². The number of aliphatic hydroxyl groups is 1. The molecule has 0 aliphatic carbocycles. The Bertz CT molecular complexity index is 545. The van der Waals surface area contributed by atoms with Gasteiger partial charge in [-0.3, -0.25) is 15.2 Å². The second-order valence-corrected chi connectivity index (χ2v) is 2.91. The number of rotatable bonds is 2. The van der Waals surface area contributed by atoms with Crippen LogP contribution in [-0.2, 0) is 0 Å². The molecular weight excluding hydrogens is 198 g/mol. The van der Waals surface area contributed by atoms with Crippen molar-refractivity contribution >= 4 is 22.7 Å². The average Bonchev–Trinajstić information content (AvgIpc) is 2.61. The molecule has 2 rings (SSSR count). The van der Waals surface area contributed by atoms with Crippen LogP contribution in [0.4, 0.5) is 5.69 Å². The van der Waals surface area contributed by atoms with E-state index >= 15 is 0 Å². The van der Waals surface area contributed by atoms with Crippen LogP contribution in [0.5, 0.6) is 0 Å². The molecule has 2 aromatic rings. The zero-order chi connectivity index (χ0) is 10.8. The molecule has 0 aliphatic heterocycles. The lowest BCUT2D eigenvalue weighted by Crippen LogP contribution is -1.86. The lowest BCUT2D eigenvalue weighted by molar-refractivity contribution is -0.384. The van der Waals surface area contributed by atoms with Crippen LogP contribution in [0, 0.1) is 10.1 Å². The molecule has 6 heteroatoms. The van der Waals surface area contributed by atoms with Gasteiger partial charge in [-0.05, 0) is 6.07 Å². The predicted molar refractivity (Wildman–Crippen MR) is 54.4 cm³/mol. The Labute approximate surface area is 84.0 Å². The summed E-state index contributed by atoms with van der Waals surface area (Å²) in [5.74, 6) is 0. The molecule has 76 valence electrons. The number of nitro benzene ring substituents is 1. The quantitative estimate of drug-likeness (QED) is 0.445. The lowest BCUT2D eigenvalue weighted by atomic mass is 10.2. The molecule has 1 aromatic heterocycles. The van der Waals surface area contributed by atoms with E-state index in [4.69, 9.17) is 5.11 Å². The standard InChI is InChI=1S/C9H7N3O3/c13-4-3-9-7-5-6(12(14)15)1-2-8(7)10-11-9/h1-5,13H,(H,10,11)/b4-3+. The van der Waals surface area contributed by atoms with E-state index in [1.165, 1.54) is 18.2 Å². The van der Waals surface area contributed by atoms with Crippen molar-refractivity contribution in [3.05, 3.63) is 40.3 Å². The molecule has 6 nitrogen and oxygen atoms in total. The number of aliphatic hydroxyl groups excluding tert-OH is 1. The van der Waals surface area contributed by atoms with E-state index in [9.17, 15) is 10.1 Å². The number of H-pyrrole nitrogens is 1. The van der Waals surface area contributed by atoms with Gasteiger partial charge in [-0.1, -0.05) is 0 Å². The third-order valence-corrected chi connectivity index (χ3v) is 2.02. The Morgan fingerprint density at radius 3 is 3.00 bits per heavy atom. The van der Waals surface area contributed by atoms with Crippen LogP contribution in [-0.4, -0.2) is 20.2 Å². The average molecular weight is 205 g/mol. The van der Waals surface area contributed by atoms with Gasteiger partial charge in [-0.25, -0.2) is 0 Å². The number of nitrogens with zero attached hydrogens (tertiary/aromatic N) is 2. The van der Waals surface area contributed by atoms with E-state index in [1.54, 1.807) is 6.07 Å². The fraction of sp³-hybridized carbons (Fsp3) is 0. The van der Waals surface area contributed by atoms with Crippen molar-refractivity contribution in [2.45, 2.75) is 0 Å². The van der Waals surface area contributed by atoms with Crippen molar-refractivity contribution < 1.29 is 10.0 Å². The largest absolute Gasteiger partial charge is 0.516 e. The van der Waals surface area contributed by atoms with Gasteiger partial charge in [0, 0.05) is 23.6 Å². The molecule has 15 heavy (non-hydrogen) atoms. The number of hydrogen-bond acceptors (Lipinski definition) is 4. The second-order valence-electron chi connectivity index (χ2n) is 2.91. The highest BCUT2D eigenvalue weighted by atomic mass is 16.6. The van der Waals surface area contributed by atoms with Crippen LogP contribution in [0.15, 0.2) is 24.5 Å². The lowest BCUT2D eigenvalue weighted by Gasteiger charge is -1.91. The SMILES string of the molecule is O=[N+]([O-])c1ccc2[nH]nc(/C=C/O)c2c1. The van der Waals surface area contributed by atoms with Gasteiger partial charge in [0.15, 0.2) is 0 Å². The number of benzene rings is 1. The van der Waals surface area contributed by atoms with E-state index in [1.807, 2.05) is 0 Å². The van der Waals surface area contributed by atoms with Crippen molar-refractivity contribution in [2.24, 2.45) is 0 Å². The molecule has 0 spiro atoms. The summed E-state index contributed by atoms with van der Waals surface area (Å²) in [7, 11) is 0. The smallest absolute Gasteiger partial charge is 0.270 e. The first-order valence-electron chi connectivity index (χ1n) is 4.15. The highest BCUT2D eigenvalue weighted by Gasteiger charge is 2.09. The highest BCUT2D eigenvalue weighted by Crippen LogP contribution is 2.22. The van der Waals surface area contributed by atoms with Gasteiger partial charge >= 0.3 is 0 Å². The third kappa shape index (κ3) is 1.52. The van der Waals surface area contributed by atoms with Crippen molar-refractivity contribution in [1.82, 2.24) is 10.2 Å². The Morgan fingerprint density at radius 2 is 2.33 bits per heavy atom. The molecule has 0 fully saturated rings. The summed E-state index contributed by atoms with van der Waals surface area (Å²) in [5, 5.41) is 26.4. The molecule has 0 saturated heterocycles. The van der Waals surface area contributed by atoms with Crippen LogP contribution in [0.3, 0.4) is 0 Å². The molecule has 1 aromatic carbocycles. The van der Waals surface area contributed by atoms with Crippen molar-refractivity contribution in [1.29, 1.82) is 0 Å². The fourth-order valence-electron chi connectivity index (χ4n) is 1.33. The molecule has 0 aliphatic rings. The summed E-state index contributed by atoms with van der Waals surface area (Å²) in [6.07, 6.45) is 2.21. The van der Waals surface area contributed by atoms with Crippen molar-refractivity contribution in [3.8, 4) is 0 Å². The van der Waals surface area contributed by atoms with E-state index < -0.39 is 4.92 Å². The van der Waals surface area contributed by atoms with E-state index in [0.29, 0.717) is 16.6 Å². The molecule has 0 amide bonds. The molecule has 2 N–H and O–H groups in total. The van der Waals surface area contributed by atoms with Crippen LogP contribution in [0.25, 0.3) is 17.0 Å². The predicted octanol–water partition coefficient (Wildman–Crippen LogP) is 2.00. The first kappa shape index (κ1) is 9.20. The number of aromatic amines is 1. The molecule has 0 radical (unpaired) electrons. The summed E-state index contributed by atoms with van der Waals surface area (Å²) in [5.41, 5.74) is 1.15. The maximum atomic E-state index is 10.5. The Kier molecular flexibility index (Phi) is 2.09. The van der Waals surface area contributed by atoms with Crippen LogP contribution in [0.1, 0.15) is 5.69 Å². The second kappa shape index (κ2) is 3.41. The van der Waals surface area contributed by atoms with E-state index in [0.717, 1.165) is 6.26 Å². The molecule has 1 heterocycles. The molecule has 0 saturated carbocycles. The maximum Gasteiger partial charge on any atom is 0.270 e. The first-order chi connectivity index (χ1) is 7.22. The number of nitro groups is 1. The van der Waals surface area contributed by atoms with Crippen molar-refractivity contribution in [3.63, 3.8) is 0 Å². The minimum absolute atomic E-state index is 0.00325. The minimum Gasteiger partial charge on any atom is -0.516 e. The Balaban J connectivity index is 2.66. The van der Waals surface area contributed by atoms with Crippen LogP contribution >= 0.6 is 0 Å². The van der Waals surface area contributed by atoms with Gasteiger partial charge in [0.2, 0.25) is 0 Å². The Morgan fingerprint density at radius 1 is 1.53 bits per heavy atom. The fourth-order valence-corrected chi connectivity index (χ4v) is 1.33. The minimum atomic E-state index is -0.473. The van der Waals surface area contributed by atoms with Gasteiger partial charge in [0.25, 0.3) is 5.69 Å².